The predicted molar refractivity (Wildman–Crippen MR) is 202 cm³/mol. The summed E-state index contributed by atoms with van der Waals surface area (Å²) in [6, 6.07) is 31.5. The molecule has 0 saturated heterocycles. The fraction of sp³-hybridized carbons (Fsp3) is 0.333. The largest absolute Gasteiger partial charge is 0.305 e. The number of pyridine rings is 2. The van der Waals surface area contributed by atoms with Crippen molar-refractivity contribution in [2.75, 3.05) is 0 Å². The molecule has 0 aliphatic heterocycles. The molecule has 48 heavy (non-hydrogen) atoms. The molecule has 1 aliphatic rings. The number of rotatable bonds is 6. The van der Waals surface area contributed by atoms with Gasteiger partial charge in [0.05, 0.1) is 14.3 Å². The Morgan fingerprint density at radius 3 is 2.21 bits per heavy atom. The normalized spacial score (nSPS) is 13.7. The summed E-state index contributed by atoms with van der Waals surface area (Å²) in [5, 5.41) is 3.97. The van der Waals surface area contributed by atoms with Gasteiger partial charge in [-0.1, -0.05) is 107 Å². The number of hydrogen-bond donors (Lipinski definition) is 0. The van der Waals surface area contributed by atoms with E-state index in [1.54, 1.807) is 11.3 Å². The van der Waals surface area contributed by atoms with Crippen LogP contribution in [0.1, 0.15) is 57.6 Å². The van der Waals surface area contributed by atoms with Crippen LogP contribution in [0, 0.1) is 29.3 Å². The van der Waals surface area contributed by atoms with Gasteiger partial charge in [0.15, 0.2) is 0 Å². The van der Waals surface area contributed by atoms with Crippen molar-refractivity contribution in [1.82, 2.24) is 9.97 Å². The summed E-state index contributed by atoms with van der Waals surface area (Å²) in [6.45, 7) is 14.1. The molecule has 0 N–H and O–H groups in total. The minimum atomic E-state index is -1.37. The molecule has 3 aromatic heterocycles. The predicted octanol–water partition coefficient (Wildman–Crippen LogP) is 11.5. The first-order valence-corrected chi connectivity index (χ1v) is 21.2. The topological polar surface area (TPSA) is 25.8 Å². The van der Waals surface area contributed by atoms with Gasteiger partial charge < -0.3 is 9.97 Å². The second kappa shape index (κ2) is 15.3. The third-order valence-corrected chi connectivity index (χ3v) is 12.2. The molecule has 0 bridgehead atoms. The van der Waals surface area contributed by atoms with E-state index >= 15 is 0 Å². The second-order valence-electron chi connectivity index (χ2n) is 15.2. The van der Waals surface area contributed by atoms with Crippen molar-refractivity contribution in [3.05, 3.63) is 114 Å². The zero-order chi connectivity index (χ0) is 33.2. The Morgan fingerprint density at radius 2 is 1.50 bits per heavy atom. The van der Waals surface area contributed by atoms with Crippen LogP contribution in [0.3, 0.4) is 0 Å². The molecule has 3 aromatic carbocycles. The van der Waals surface area contributed by atoms with Crippen LogP contribution in [-0.4, -0.2) is 18.0 Å². The average Bonchev–Trinajstić information content (AvgIpc) is 3.69. The van der Waals surface area contributed by atoms with Crippen LogP contribution in [0.2, 0.25) is 19.6 Å². The Balaban J connectivity index is 0.000000189. The molecule has 1 saturated carbocycles. The third-order valence-electron chi connectivity index (χ3n) is 9.01. The molecule has 6 heteroatoms. The van der Waals surface area contributed by atoms with E-state index in [4.69, 9.17) is 4.98 Å². The summed E-state index contributed by atoms with van der Waals surface area (Å²) >= 11 is 1.78. The third kappa shape index (κ3) is 8.76. The van der Waals surface area contributed by atoms with Gasteiger partial charge in [-0.3, -0.25) is 0 Å². The molecule has 0 unspecified atom stereocenters. The van der Waals surface area contributed by atoms with Gasteiger partial charge in [0.25, 0.3) is 0 Å². The summed E-state index contributed by atoms with van der Waals surface area (Å²) in [5.41, 5.74) is 6.42. The van der Waals surface area contributed by atoms with Crippen molar-refractivity contribution in [3.63, 3.8) is 0 Å². The Morgan fingerprint density at radius 1 is 0.812 bits per heavy atom. The molecule has 3 heterocycles. The molecule has 6 aromatic rings. The number of fused-ring (bicyclic) bond motifs is 3. The minimum absolute atomic E-state index is 0. The van der Waals surface area contributed by atoms with Crippen molar-refractivity contribution in [1.29, 1.82) is 0 Å². The fourth-order valence-electron chi connectivity index (χ4n) is 6.72. The average molecular weight is 849 g/mol. The van der Waals surface area contributed by atoms with E-state index in [1.165, 1.54) is 62.8 Å². The van der Waals surface area contributed by atoms with E-state index in [2.05, 4.69) is 106 Å². The maximum absolute atomic E-state index is 14.3. The van der Waals surface area contributed by atoms with Crippen molar-refractivity contribution >= 4 is 44.8 Å². The molecule has 0 spiro atoms. The fourth-order valence-corrected chi connectivity index (χ4v) is 9.36. The van der Waals surface area contributed by atoms with Crippen LogP contribution >= 0.6 is 11.3 Å². The molecule has 0 amide bonds. The van der Waals surface area contributed by atoms with Gasteiger partial charge in [0.1, 0.15) is 5.82 Å². The van der Waals surface area contributed by atoms with Gasteiger partial charge in [-0.25, -0.2) is 4.39 Å². The summed E-state index contributed by atoms with van der Waals surface area (Å²) in [4.78, 5) is 9.06. The standard InChI is InChI=1S/C23H19FNS.C19H26NSi.Ir/c24-20-14-25-21(13-17(20)11-15-5-1-2-6-15)16-9-10-23-19(12-16)18-7-3-4-8-22(18)26-23;1-19(2,3)13-16-12-17(15-10-8-7-9-11-15)20-14-18(16)21(4,5)6;/h3-4,7-8,10,12-15H,1-2,5-6,11H2;7-10,12,14H,13H2,1-6H3;/q2*-1;. The van der Waals surface area contributed by atoms with E-state index in [-0.39, 0.29) is 31.3 Å². The van der Waals surface area contributed by atoms with Crippen molar-refractivity contribution in [2.45, 2.75) is 78.9 Å². The number of benzene rings is 3. The number of nitrogens with zero attached hydrogens (tertiary/aromatic N) is 2. The van der Waals surface area contributed by atoms with Crippen LogP contribution < -0.4 is 5.19 Å². The number of aromatic nitrogens is 2. The van der Waals surface area contributed by atoms with E-state index in [1.807, 2.05) is 30.3 Å². The number of thiophene rings is 1. The van der Waals surface area contributed by atoms with E-state index in [0.717, 1.165) is 40.9 Å². The quantitative estimate of drug-likeness (QED) is 0.123. The molecule has 251 valence electrons. The Kier molecular flexibility index (Phi) is 11.5. The second-order valence-corrected chi connectivity index (χ2v) is 21.4. The van der Waals surface area contributed by atoms with Gasteiger partial charge in [-0.15, -0.1) is 59.7 Å². The Labute approximate surface area is 304 Å². The van der Waals surface area contributed by atoms with Gasteiger partial charge in [-0.05, 0) is 62.5 Å². The first-order chi connectivity index (χ1) is 22.4. The summed E-state index contributed by atoms with van der Waals surface area (Å²) in [6.07, 6.45) is 10.4. The Hall–Kier alpha value is -3.02. The van der Waals surface area contributed by atoms with Crippen LogP contribution in [0.4, 0.5) is 4.39 Å². The van der Waals surface area contributed by atoms with Crippen molar-refractivity contribution < 1.29 is 24.5 Å². The van der Waals surface area contributed by atoms with Crippen molar-refractivity contribution in [3.8, 4) is 22.5 Å². The van der Waals surface area contributed by atoms with Crippen molar-refractivity contribution in [2.24, 2.45) is 11.3 Å². The molecule has 2 nitrogen and oxygen atoms in total. The van der Waals surface area contributed by atoms with E-state index in [9.17, 15) is 4.39 Å². The number of halogens is 1. The van der Waals surface area contributed by atoms with E-state index in [0.29, 0.717) is 5.92 Å². The maximum Gasteiger partial charge on any atom is 0.142 e. The zero-order valence-electron chi connectivity index (χ0n) is 28.9. The Bertz CT molecular complexity index is 1990. The summed E-state index contributed by atoms with van der Waals surface area (Å²) < 4.78 is 16.8. The van der Waals surface area contributed by atoms with Crippen LogP contribution in [0.15, 0.2) is 85.2 Å². The molecule has 0 atom stereocenters. The molecular weight excluding hydrogens is 804 g/mol. The monoisotopic (exact) mass is 849 g/mol. The van der Waals surface area contributed by atoms with Gasteiger partial charge >= 0.3 is 0 Å². The first-order valence-electron chi connectivity index (χ1n) is 16.9. The molecular formula is C42H45FIrN2SSi-2. The molecule has 1 fully saturated rings. The smallest absolute Gasteiger partial charge is 0.142 e. The molecule has 7 rings (SSSR count). The zero-order valence-corrected chi connectivity index (χ0v) is 33.1. The van der Waals surface area contributed by atoms with Gasteiger partial charge in [-0.2, -0.15) is 11.3 Å². The molecule has 1 radical (unpaired) electrons. The molecule has 1 aliphatic carbocycles. The van der Waals surface area contributed by atoms with Crippen LogP contribution in [-0.2, 0) is 32.9 Å². The summed E-state index contributed by atoms with van der Waals surface area (Å²) in [7, 11) is -1.37. The van der Waals surface area contributed by atoms with E-state index < -0.39 is 8.07 Å². The SMILES string of the molecule is CC(C)(C)Cc1cc(-c2[c-]cccc2)ncc1[Si](C)(C)C.Fc1cnc(-c2[c-]cc3sc4ccccc4c3c2)cc1CC1CCCC1.[Ir]. The maximum atomic E-state index is 14.3. The minimum Gasteiger partial charge on any atom is -0.305 e. The number of hydrogen-bond acceptors (Lipinski definition) is 3. The van der Waals surface area contributed by atoms with Crippen LogP contribution in [0.5, 0.6) is 0 Å². The van der Waals surface area contributed by atoms with Crippen LogP contribution in [0.25, 0.3) is 42.7 Å². The van der Waals surface area contributed by atoms with Gasteiger partial charge in [0.2, 0.25) is 0 Å². The first kappa shape index (κ1) is 36.3. The summed E-state index contributed by atoms with van der Waals surface area (Å²) in [5.74, 6) is 0.440. The van der Waals surface area contributed by atoms with Gasteiger partial charge in [0, 0.05) is 31.0 Å².